The van der Waals surface area contributed by atoms with Gasteiger partial charge in [-0.25, -0.2) is 8.78 Å². The predicted molar refractivity (Wildman–Crippen MR) is 48.3 cm³/mol. The minimum Gasteiger partial charge on any atom is -0.322 e. The predicted octanol–water partition coefficient (Wildman–Crippen LogP) is 2.47. The molecule has 0 amide bonds. The van der Waals surface area contributed by atoms with Gasteiger partial charge < -0.3 is 5.73 Å². The first-order valence-corrected chi connectivity index (χ1v) is 4.07. The summed E-state index contributed by atoms with van der Waals surface area (Å²) >= 11 is 0. The lowest BCUT2D eigenvalue weighted by atomic mass is 9.94. The normalized spacial score (nSPS) is 11.8. The number of nitrogens with two attached hydrogens (primary N) is 1. The molecule has 0 radical (unpaired) electrons. The Bertz CT molecular complexity index is 326. The van der Waals surface area contributed by atoms with Gasteiger partial charge in [0, 0.05) is 11.1 Å². The van der Waals surface area contributed by atoms with E-state index in [0.717, 1.165) is 6.07 Å². The highest BCUT2D eigenvalue weighted by molar-refractivity contribution is 5.29. The van der Waals surface area contributed by atoms with Gasteiger partial charge in [0.05, 0.1) is 0 Å². The van der Waals surface area contributed by atoms with Crippen molar-refractivity contribution in [2.45, 2.75) is 26.3 Å². The van der Waals surface area contributed by atoms with Crippen molar-refractivity contribution in [2.75, 3.05) is 0 Å². The molecule has 0 saturated carbocycles. The molecule has 72 valence electrons. The molecule has 0 spiro atoms. The first-order valence-electron chi connectivity index (χ1n) is 4.07. The zero-order chi connectivity index (χ0) is 10.2. The molecule has 0 aromatic heterocycles. The molecule has 1 aromatic carbocycles. The number of hydrogen-bond acceptors (Lipinski definition) is 1. The standard InChI is InChI=1S/C10H13F2N/c1-6-4-9(12)7(5-8(6)11)10(2,3)13/h4-5H,13H2,1-3H3. The van der Waals surface area contributed by atoms with Crippen molar-refractivity contribution in [2.24, 2.45) is 5.73 Å². The van der Waals surface area contributed by atoms with Gasteiger partial charge in [0.15, 0.2) is 0 Å². The van der Waals surface area contributed by atoms with Crippen molar-refractivity contribution < 1.29 is 8.78 Å². The minimum absolute atomic E-state index is 0.204. The summed E-state index contributed by atoms with van der Waals surface area (Å²) in [4.78, 5) is 0. The van der Waals surface area contributed by atoms with Gasteiger partial charge in [-0.1, -0.05) is 0 Å². The van der Waals surface area contributed by atoms with E-state index in [4.69, 9.17) is 5.73 Å². The highest BCUT2D eigenvalue weighted by Gasteiger charge is 2.20. The fourth-order valence-electron chi connectivity index (χ4n) is 1.14. The highest BCUT2D eigenvalue weighted by atomic mass is 19.1. The van der Waals surface area contributed by atoms with Gasteiger partial charge in [0.25, 0.3) is 0 Å². The lowest BCUT2D eigenvalue weighted by Gasteiger charge is -2.20. The maximum atomic E-state index is 13.3. The molecule has 0 saturated heterocycles. The maximum absolute atomic E-state index is 13.3. The molecule has 0 aliphatic rings. The van der Waals surface area contributed by atoms with Gasteiger partial charge >= 0.3 is 0 Å². The van der Waals surface area contributed by atoms with Crippen molar-refractivity contribution in [3.05, 3.63) is 34.9 Å². The Morgan fingerprint density at radius 2 is 1.69 bits per heavy atom. The Balaban J connectivity index is 3.32. The minimum atomic E-state index is -0.849. The Hall–Kier alpha value is -0.960. The SMILES string of the molecule is Cc1cc(F)c(C(C)(C)N)cc1F. The van der Waals surface area contributed by atoms with Gasteiger partial charge in [-0.05, 0) is 38.5 Å². The summed E-state index contributed by atoms with van der Waals surface area (Å²) in [6, 6.07) is 2.32. The fraction of sp³-hybridized carbons (Fsp3) is 0.400. The summed E-state index contributed by atoms with van der Waals surface area (Å²) in [5.41, 5.74) is 5.32. The number of benzene rings is 1. The van der Waals surface area contributed by atoms with E-state index < -0.39 is 17.2 Å². The van der Waals surface area contributed by atoms with E-state index in [2.05, 4.69) is 0 Å². The first-order chi connectivity index (χ1) is 5.82. The largest absolute Gasteiger partial charge is 0.322 e. The molecule has 3 heteroatoms. The summed E-state index contributed by atoms with van der Waals surface area (Å²) in [6.07, 6.45) is 0. The van der Waals surface area contributed by atoms with Gasteiger partial charge in [0.2, 0.25) is 0 Å². The van der Waals surface area contributed by atoms with Gasteiger partial charge in [-0.15, -0.1) is 0 Å². The summed E-state index contributed by atoms with van der Waals surface area (Å²) in [7, 11) is 0. The molecular formula is C10H13F2N. The van der Waals surface area contributed by atoms with Crippen LogP contribution >= 0.6 is 0 Å². The monoisotopic (exact) mass is 185 g/mol. The average Bonchev–Trinajstić information content (AvgIpc) is 1.94. The second kappa shape index (κ2) is 3.07. The summed E-state index contributed by atoms with van der Waals surface area (Å²) in [5, 5.41) is 0. The average molecular weight is 185 g/mol. The topological polar surface area (TPSA) is 26.0 Å². The molecule has 13 heavy (non-hydrogen) atoms. The van der Waals surface area contributed by atoms with Crippen LogP contribution < -0.4 is 5.73 Å². The van der Waals surface area contributed by atoms with Crippen molar-refractivity contribution in [3.8, 4) is 0 Å². The molecule has 0 atom stereocenters. The molecule has 0 heterocycles. The van der Waals surface area contributed by atoms with Crippen LogP contribution in [0.5, 0.6) is 0 Å². The molecule has 2 N–H and O–H groups in total. The van der Waals surface area contributed by atoms with Crippen molar-refractivity contribution in [3.63, 3.8) is 0 Å². The lowest BCUT2D eigenvalue weighted by Crippen LogP contribution is -2.30. The summed E-state index contributed by atoms with van der Waals surface area (Å²) in [6.45, 7) is 4.80. The second-order valence-electron chi connectivity index (χ2n) is 3.80. The van der Waals surface area contributed by atoms with Crippen molar-refractivity contribution >= 4 is 0 Å². The first kappa shape index (κ1) is 10.1. The van der Waals surface area contributed by atoms with Crippen LogP contribution in [0.4, 0.5) is 8.78 Å². The zero-order valence-corrected chi connectivity index (χ0v) is 7.99. The Morgan fingerprint density at radius 3 is 2.15 bits per heavy atom. The van der Waals surface area contributed by atoms with E-state index in [-0.39, 0.29) is 5.56 Å². The molecule has 0 bridgehead atoms. The second-order valence-corrected chi connectivity index (χ2v) is 3.80. The fourth-order valence-corrected chi connectivity index (χ4v) is 1.14. The third kappa shape index (κ3) is 2.04. The van der Waals surface area contributed by atoms with E-state index >= 15 is 0 Å². The van der Waals surface area contributed by atoms with E-state index in [1.807, 2.05) is 0 Å². The lowest BCUT2D eigenvalue weighted by molar-refractivity contribution is 0.490. The van der Waals surface area contributed by atoms with Crippen LogP contribution in [-0.4, -0.2) is 0 Å². The van der Waals surface area contributed by atoms with Crippen LogP contribution in [-0.2, 0) is 5.54 Å². The number of rotatable bonds is 1. The van der Waals surface area contributed by atoms with Gasteiger partial charge in [0.1, 0.15) is 11.6 Å². The zero-order valence-electron chi connectivity index (χ0n) is 7.99. The molecule has 0 fully saturated rings. The Kier molecular flexibility index (Phi) is 2.39. The van der Waals surface area contributed by atoms with E-state index in [9.17, 15) is 8.78 Å². The van der Waals surface area contributed by atoms with Crippen LogP contribution in [0, 0.1) is 18.6 Å². The Morgan fingerprint density at radius 1 is 1.15 bits per heavy atom. The van der Waals surface area contributed by atoms with Crippen molar-refractivity contribution in [1.29, 1.82) is 0 Å². The number of halogens is 2. The van der Waals surface area contributed by atoms with Crippen molar-refractivity contribution in [1.82, 2.24) is 0 Å². The van der Waals surface area contributed by atoms with Gasteiger partial charge in [-0.3, -0.25) is 0 Å². The summed E-state index contributed by atoms with van der Waals surface area (Å²) < 4.78 is 26.3. The number of hydrogen-bond donors (Lipinski definition) is 1. The number of aryl methyl sites for hydroxylation is 1. The molecule has 0 unspecified atom stereocenters. The van der Waals surface area contributed by atoms with E-state index in [0.29, 0.717) is 5.56 Å². The molecule has 0 aliphatic carbocycles. The van der Waals surface area contributed by atoms with Crippen LogP contribution in [0.25, 0.3) is 0 Å². The molecular weight excluding hydrogens is 172 g/mol. The molecule has 0 aliphatic heterocycles. The van der Waals surface area contributed by atoms with Crippen LogP contribution in [0.2, 0.25) is 0 Å². The molecule has 1 aromatic rings. The van der Waals surface area contributed by atoms with Gasteiger partial charge in [-0.2, -0.15) is 0 Å². The highest BCUT2D eigenvalue weighted by Crippen LogP contribution is 2.23. The van der Waals surface area contributed by atoms with Crippen LogP contribution in [0.3, 0.4) is 0 Å². The van der Waals surface area contributed by atoms with Crippen LogP contribution in [0.1, 0.15) is 25.0 Å². The maximum Gasteiger partial charge on any atom is 0.128 e. The quantitative estimate of drug-likeness (QED) is 0.714. The Labute approximate surface area is 76.6 Å². The third-order valence-corrected chi connectivity index (χ3v) is 1.94. The molecule has 1 rings (SSSR count). The van der Waals surface area contributed by atoms with E-state index in [1.165, 1.54) is 13.0 Å². The molecule has 1 nitrogen and oxygen atoms in total. The summed E-state index contributed by atoms with van der Waals surface area (Å²) in [5.74, 6) is -0.874. The van der Waals surface area contributed by atoms with E-state index in [1.54, 1.807) is 13.8 Å². The third-order valence-electron chi connectivity index (χ3n) is 1.94. The van der Waals surface area contributed by atoms with Crippen LogP contribution in [0.15, 0.2) is 12.1 Å². The smallest absolute Gasteiger partial charge is 0.128 e.